The van der Waals surface area contributed by atoms with E-state index in [1.807, 2.05) is 98.1 Å². The summed E-state index contributed by atoms with van der Waals surface area (Å²) in [7, 11) is 0. The van der Waals surface area contributed by atoms with Crippen LogP contribution in [0.2, 0.25) is 0 Å². The zero-order valence-corrected chi connectivity index (χ0v) is 20.8. The van der Waals surface area contributed by atoms with Gasteiger partial charge in [0.1, 0.15) is 11.9 Å². The van der Waals surface area contributed by atoms with E-state index in [1.165, 1.54) is 11.8 Å². The SMILES string of the molecule is CCOc1cc(/C=C2/C(=N)N3C(c4ccccc4)=CSC3=NC2=O)ccc1O[C@@H](C)c1ccccc1. The van der Waals surface area contributed by atoms with Crippen LogP contribution in [0.5, 0.6) is 11.5 Å². The van der Waals surface area contributed by atoms with Crippen LogP contribution in [0.15, 0.2) is 94.8 Å². The van der Waals surface area contributed by atoms with Crippen LogP contribution in [-0.2, 0) is 4.79 Å². The molecule has 0 radical (unpaired) electrons. The largest absolute Gasteiger partial charge is 0.490 e. The van der Waals surface area contributed by atoms with Gasteiger partial charge < -0.3 is 9.47 Å². The molecule has 0 bridgehead atoms. The predicted molar refractivity (Wildman–Crippen MR) is 145 cm³/mol. The molecule has 1 atom stereocenters. The molecule has 180 valence electrons. The Labute approximate surface area is 214 Å². The first-order chi connectivity index (χ1) is 17.5. The predicted octanol–water partition coefficient (Wildman–Crippen LogP) is 6.53. The van der Waals surface area contributed by atoms with Crippen molar-refractivity contribution in [3.8, 4) is 11.5 Å². The van der Waals surface area contributed by atoms with Crippen LogP contribution in [0, 0.1) is 5.41 Å². The maximum atomic E-state index is 12.9. The average molecular weight is 496 g/mol. The molecule has 0 fully saturated rings. The lowest BCUT2D eigenvalue weighted by atomic mass is 10.1. The smallest absolute Gasteiger partial charge is 0.283 e. The number of amidine groups is 2. The molecule has 0 spiro atoms. The molecule has 7 heteroatoms. The summed E-state index contributed by atoms with van der Waals surface area (Å²) in [5, 5.41) is 11.3. The summed E-state index contributed by atoms with van der Waals surface area (Å²) in [6, 6.07) is 25.3. The number of hydrogen-bond acceptors (Lipinski definition) is 5. The van der Waals surface area contributed by atoms with Gasteiger partial charge in [-0.2, -0.15) is 4.99 Å². The van der Waals surface area contributed by atoms with Crippen molar-refractivity contribution in [2.45, 2.75) is 20.0 Å². The molecule has 2 heterocycles. The van der Waals surface area contributed by atoms with Crippen LogP contribution in [0.1, 0.15) is 36.6 Å². The topological polar surface area (TPSA) is 75.0 Å². The van der Waals surface area contributed by atoms with Gasteiger partial charge in [0.25, 0.3) is 5.91 Å². The molecule has 0 saturated carbocycles. The van der Waals surface area contributed by atoms with Gasteiger partial charge in [-0.15, -0.1) is 0 Å². The fourth-order valence-electron chi connectivity index (χ4n) is 4.04. The quantitative estimate of drug-likeness (QED) is 0.377. The van der Waals surface area contributed by atoms with E-state index in [-0.39, 0.29) is 17.5 Å². The summed E-state index contributed by atoms with van der Waals surface area (Å²) in [6.07, 6.45) is 1.52. The molecule has 0 aliphatic carbocycles. The van der Waals surface area contributed by atoms with E-state index in [0.29, 0.717) is 23.3 Å². The standard InChI is InChI=1S/C29H25N3O3S/c1-3-34-26-17-20(14-15-25(26)35-19(2)21-10-6-4-7-11-21)16-23-27(30)32-24(22-12-8-5-9-13-22)18-36-29(32)31-28(23)33/h4-19,30H,3H2,1-2H3/b23-16-,30-27?/t19-/m0/s1. The molecule has 36 heavy (non-hydrogen) atoms. The maximum Gasteiger partial charge on any atom is 0.283 e. The van der Waals surface area contributed by atoms with Crippen molar-refractivity contribution in [1.82, 2.24) is 4.90 Å². The van der Waals surface area contributed by atoms with E-state index in [9.17, 15) is 4.79 Å². The molecule has 3 aromatic carbocycles. The van der Waals surface area contributed by atoms with Crippen LogP contribution in [0.3, 0.4) is 0 Å². The highest BCUT2D eigenvalue weighted by atomic mass is 32.2. The second-order valence-corrected chi connectivity index (χ2v) is 9.08. The molecule has 0 aromatic heterocycles. The summed E-state index contributed by atoms with van der Waals surface area (Å²) in [6.45, 7) is 4.37. The fourth-order valence-corrected chi connectivity index (χ4v) is 4.93. The van der Waals surface area contributed by atoms with E-state index in [1.54, 1.807) is 11.0 Å². The fraction of sp³-hybridized carbons (Fsp3) is 0.138. The summed E-state index contributed by atoms with van der Waals surface area (Å²) in [5.74, 6) is 0.861. The van der Waals surface area contributed by atoms with Crippen LogP contribution in [0.25, 0.3) is 11.8 Å². The molecule has 0 unspecified atom stereocenters. The number of carbonyl (C=O) groups is 1. The molecule has 2 aliphatic rings. The monoisotopic (exact) mass is 495 g/mol. The number of thioether (sulfide) groups is 1. The zero-order valence-electron chi connectivity index (χ0n) is 20.0. The molecule has 2 aliphatic heterocycles. The Balaban J connectivity index is 1.44. The second-order valence-electron chi connectivity index (χ2n) is 8.24. The van der Waals surface area contributed by atoms with Gasteiger partial charge in [-0.1, -0.05) is 78.5 Å². The Morgan fingerprint density at radius 3 is 2.47 bits per heavy atom. The summed E-state index contributed by atoms with van der Waals surface area (Å²) in [4.78, 5) is 18.8. The van der Waals surface area contributed by atoms with Gasteiger partial charge in [-0.3, -0.25) is 15.1 Å². The highest BCUT2D eigenvalue weighted by Crippen LogP contribution is 2.38. The van der Waals surface area contributed by atoms with Gasteiger partial charge in [0.2, 0.25) is 0 Å². The van der Waals surface area contributed by atoms with Gasteiger partial charge in [-0.25, -0.2) is 0 Å². The van der Waals surface area contributed by atoms with Gasteiger partial charge >= 0.3 is 0 Å². The molecule has 1 amide bonds. The third-order valence-electron chi connectivity index (χ3n) is 5.84. The first-order valence-corrected chi connectivity index (χ1v) is 12.6. The third kappa shape index (κ3) is 4.70. The Hall–Kier alpha value is -4.10. The minimum Gasteiger partial charge on any atom is -0.490 e. The maximum absolute atomic E-state index is 12.9. The first-order valence-electron chi connectivity index (χ1n) is 11.7. The number of carbonyl (C=O) groups excluding carboxylic acids is 1. The number of nitrogens with one attached hydrogen (secondary N) is 1. The van der Waals surface area contributed by atoms with Crippen molar-refractivity contribution in [3.63, 3.8) is 0 Å². The van der Waals surface area contributed by atoms with Crippen molar-refractivity contribution < 1.29 is 14.3 Å². The molecular formula is C29H25N3O3S. The van der Waals surface area contributed by atoms with Gasteiger partial charge in [-0.05, 0) is 48.7 Å². The number of fused-ring (bicyclic) bond motifs is 1. The Bertz CT molecular complexity index is 1400. The highest BCUT2D eigenvalue weighted by molar-refractivity contribution is 8.17. The highest BCUT2D eigenvalue weighted by Gasteiger charge is 2.36. The lowest BCUT2D eigenvalue weighted by Crippen LogP contribution is -2.38. The van der Waals surface area contributed by atoms with Crippen LogP contribution in [0.4, 0.5) is 0 Å². The number of hydrogen-bond donors (Lipinski definition) is 1. The van der Waals surface area contributed by atoms with Crippen molar-refractivity contribution in [1.29, 1.82) is 5.41 Å². The molecule has 6 nitrogen and oxygen atoms in total. The summed E-state index contributed by atoms with van der Waals surface area (Å²) < 4.78 is 12.1. The Kier molecular flexibility index (Phi) is 6.73. The number of rotatable bonds is 7. The summed E-state index contributed by atoms with van der Waals surface area (Å²) in [5.41, 5.74) is 3.79. The van der Waals surface area contributed by atoms with Crippen molar-refractivity contribution in [2.75, 3.05) is 6.61 Å². The first kappa shape index (κ1) is 23.6. The minimum atomic E-state index is -0.433. The molecular weight excluding hydrogens is 470 g/mol. The molecule has 0 saturated heterocycles. The number of benzene rings is 3. The second kappa shape index (κ2) is 10.3. The van der Waals surface area contributed by atoms with Gasteiger partial charge in [0.15, 0.2) is 16.7 Å². The minimum absolute atomic E-state index is 0.0982. The molecule has 5 rings (SSSR count). The zero-order chi connectivity index (χ0) is 25.1. The Morgan fingerprint density at radius 1 is 1.03 bits per heavy atom. The third-order valence-corrected chi connectivity index (χ3v) is 6.66. The number of amides is 1. The van der Waals surface area contributed by atoms with Gasteiger partial charge in [0.05, 0.1) is 17.9 Å². The lowest BCUT2D eigenvalue weighted by Gasteiger charge is -2.27. The molecule has 3 aromatic rings. The van der Waals surface area contributed by atoms with Crippen molar-refractivity contribution >= 4 is 40.4 Å². The van der Waals surface area contributed by atoms with Gasteiger partial charge in [0, 0.05) is 5.41 Å². The summed E-state index contributed by atoms with van der Waals surface area (Å²) >= 11 is 1.35. The Morgan fingerprint density at radius 2 is 1.75 bits per heavy atom. The number of aliphatic imine (C=N–C) groups is 1. The van der Waals surface area contributed by atoms with Crippen LogP contribution >= 0.6 is 11.8 Å². The van der Waals surface area contributed by atoms with E-state index in [4.69, 9.17) is 14.9 Å². The van der Waals surface area contributed by atoms with Crippen LogP contribution in [-0.4, -0.2) is 28.4 Å². The van der Waals surface area contributed by atoms with E-state index < -0.39 is 5.91 Å². The average Bonchev–Trinajstić information content (AvgIpc) is 3.33. The lowest BCUT2D eigenvalue weighted by molar-refractivity contribution is -0.114. The molecule has 1 N–H and O–H groups in total. The number of ether oxygens (including phenoxy) is 2. The van der Waals surface area contributed by atoms with Crippen molar-refractivity contribution in [2.24, 2.45) is 4.99 Å². The normalized spacial score (nSPS) is 16.9. The van der Waals surface area contributed by atoms with E-state index in [2.05, 4.69) is 4.99 Å². The van der Waals surface area contributed by atoms with E-state index in [0.717, 1.165) is 22.4 Å². The van der Waals surface area contributed by atoms with Crippen LogP contribution < -0.4 is 9.47 Å². The van der Waals surface area contributed by atoms with Crippen molar-refractivity contribution in [3.05, 3.63) is 107 Å². The number of nitrogens with zero attached hydrogens (tertiary/aromatic N) is 2. The van der Waals surface area contributed by atoms with E-state index >= 15 is 0 Å².